The maximum Gasteiger partial charge on any atom is 0.226 e. The second kappa shape index (κ2) is 5.61. The van der Waals surface area contributed by atoms with E-state index in [1.165, 1.54) is 0 Å². The van der Waals surface area contributed by atoms with Gasteiger partial charge in [-0.25, -0.2) is 0 Å². The van der Waals surface area contributed by atoms with Crippen molar-refractivity contribution in [2.75, 3.05) is 19.7 Å². The summed E-state index contributed by atoms with van der Waals surface area (Å²) in [6, 6.07) is 7.84. The summed E-state index contributed by atoms with van der Waals surface area (Å²) >= 11 is 0. The molecule has 1 aliphatic rings. The van der Waals surface area contributed by atoms with Gasteiger partial charge in [-0.1, -0.05) is 19.1 Å². The molecule has 1 aromatic carbocycles. The van der Waals surface area contributed by atoms with Gasteiger partial charge in [0.1, 0.15) is 5.75 Å². The number of hydrogen-bond donors (Lipinski definition) is 1. The zero-order chi connectivity index (χ0) is 13.9. The molecule has 0 bridgehead atoms. The molecule has 2 N–H and O–H groups in total. The molecule has 0 unspecified atom stereocenters. The van der Waals surface area contributed by atoms with Crippen molar-refractivity contribution >= 4 is 5.91 Å². The van der Waals surface area contributed by atoms with Crippen molar-refractivity contribution in [3.8, 4) is 5.75 Å². The summed E-state index contributed by atoms with van der Waals surface area (Å²) in [6.07, 6.45) is 1.32. The average molecular weight is 262 g/mol. The second-order valence-electron chi connectivity index (χ2n) is 5.38. The summed E-state index contributed by atoms with van der Waals surface area (Å²) in [6.45, 7) is 5.84. The molecule has 0 aromatic heterocycles. The third-order valence-electron chi connectivity index (χ3n) is 3.64. The number of benzene rings is 1. The van der Waals surface area contributed by atoms with Crippen LogP contribution in [0.15, 0.2) is 24.3 Å². The molecule has 0 atom stereocenters. The van der Waals surface area contributed by atoms with Crippen molar-refractivity contribution < 1.29 is 9.53 Å². The molecular weight excluding hydrogens is 240 g/mol. The van der Waals surface area contributed by atoms with Gasteiger partial charge in [0.2, 0.25) is 5.91 Å². The van der Waals surface area contributed by atoms with E-state index in [2.05, 4.69) is 6.92 Å². The molecule has 1 fully saturated rings. The van der Waals surface area contributed by atoms with E-state index >= 15 is 0 Å². The Morgan fingerprint density at radius 1 is 1.47 bits per heavy atom. The van der Waals surface area contributed by atoms with Crippen LogP contribution >= 0.6 is 0 Å². The molecule has 4 heteroatoms. The maximum absolute atomic E-state index is 11.9. The first-order chi connectivity index (χ1) is 9.02. The number of rotatable bonds is 5. The van der Waals surface area contributed by atoms with E-state index in [0.29, 0.717) is 26.1 Å². The van der Waals surface area contributed by atoms with Crippen LogP contribution in [0.25, 0.3) is 0 Å². The van der Waals surface area contributed by atoms with Crippen LogP contribution in [0.4, 0.5) is 0 Å². The Balaban J connectivity index is 1.71. The number of likely N-dealkylation sites (tertiary alicyclic amines) is 1. The highest BCUT2D eigenvalue weighted by molar-refractivity contribution is 5.77. The van der Waals surface area contributed by atoms with Crippen molar-refractivity contribution in [3.05, 3.63) is 29.8 Å². The van der Waals surface area contributed by atoms with E-state index in [-0.39, 0.29) is 11.4 Å². The van der Waals surface area contributed by atoms with Crippen molar-refractivity contribution in [1.29, 1.82) is 0 Å². The van der Waals surface area contributed by atoms with Crippen LogP contribution in [0.3, 0.4) is 0 Å². The fourth-order valence-electron chi connectivity index (χ4n) is 2.23. The maximum atomic E-state index is 11.9. The first-order valence-corrected chi connectivity index (χ1v) is 6.78. The Hall–Kier alpha value is -1.55. The van der Waals surface area contributed by atoms with Crippen LogP contribution in [0.2, 0.25) is 0 Å². The van der Waals surface area contributed by atoms with Gasteiger partial charge < -0.3 is 15.4 Å². The van der Waals surface area contributed by atoms with Crippen molar-refractivity contribution in [2.24, 2.45) is 5.73 Å². The van der Waals surface area contributed by atoms with Crippen LogP contribution in [0.5, 0.6) is 5.75 Å². The van der Waals surface area contributed by atoms with E-state index in [9.17, 15) is 4.79 Å². The van der Waals surface area contributed by atoms with Crippen molar-refractivity contribution in [2.45, 2.75) is 32.2 Å². The minimum absolute atomic E-state index is 0.127. The summed E-state index contributed by atoms with van der Waals surface area (Å²) in [5.41, 5.74) is 7.04. The number of carbonyl (C=O) groups is 1. The van der Waals surface area contributed by atoms with Gasteiger partial charge in [0, 0.05) is 13.1 Å². The lowest BCUT2D eigenvalue weighted by atomic mass is 9.88. The Labute approximate surface area is 114 Å². The Morgan fingerprint density at radius 3 is 2.84 bits per heavy atom. The zero-order valence-electron chi connectivity index (χ0n) is 11.7. The van der Waals surface area contributed by atoms with Gasteiger partial charge in [-0.3, -0.25) is 4.79 Å². The number of carbonyl (C=O) groups excluding carboxylic acids is 1. The number of aryl methyl sites for hydroxylation is 1. The Bertz CT molecular complexity index is 453. The first-order valence-electron chi connectivity index (χ1n) is 6.78. The number of hydrogen-bond acceptors (Lipinski definition) is 3. The van der Waals surface area contributed by atoms with Crippen molar-refractivity contribution in [1.82, 2.24) is 4.90 Å². The predicted molar refractivity (Wildman–Crippen MR) is 75.1 cm³/mol. The van der Waals surface area contributed by atoms with E-state index in [1.807, 2.05) is 36.1 Å². The molecule has 1 aromatic rings. The molecule has 0 aliphatic carbocycles. The highest BCUT2D eigenvalue weighted by Crippen LogP contribution is 2.22. The molecule has 0 spiro atoms. The van der Waals surface area contributed by atoms with Crippen LogP contribution in [-0.4, -0.2) is 36.0 Å². The molecule has 1 heterocycles. The first kappa shape index (κ1) is 13.9. The van der Waals surface area contributed by atoms with E-state index in [1.54, 1.807) is 0 Å². The molecule has 19 heavy (non-hydrogen) atoms. The lowest BCUT2D eigenvalue weighted by Gasteiger charge is -2.47. The largest absolute Gasteiger partial charge is 0.493 e. The molecule has 2 rings (SSSR count). The van der Waals surface area contributed by atoms with Gasteiger partial charge in [0.05, 0.1) is 18.6 Å². The second-order valence-corrected chi connectivity index (χ2v) is 5.38. The fraction of sp³-hybridized carbons (Fsp3) is 0.533. The molecule has 0 saturated carbocycles. The summed E-state index contributed by atoms with van der Waals surface area (Å²) in [7, 11) is 0. The van der Waals surface area contributed by atoms with Gasteiger partial charge >= 0.3 is 0 Å². The quantitative estimate of drug-likeness (QED) is 0.879. The van der Waals surface area contributed by atoms with Crippen LogP contribution in [0.1, 0.15) is 25.3 Å². The third-order valence-corrected chi connectivity index (χ3v) is 3.64. The lowest BCUT2D eigenvalue weighted by molar-refractivity contribution is -0.139. The molecule has 0 radical (unpaired) electrons. The number of amides is 1. The highest BCUT2D eigenvalue weighted by Gasteiger charge is 2.39. The summed E-state index contributed by atoms with van der Waals surface area (Å²) in [4.78, 5) is 13.7. The summed E-state index contributed by atoms with van der Waals surface area (Å²) in [5.74, 6) is 0.945. The van der Waals surface area contributed by atoms with Gasteiger partial charge in [-0.05, 0) is 31.0 Å². The smallest absolute Gasteiger partial charge is 0.226 e. The highest BCUT2D eigenvalue weighted by atomic mass is 16.5. The topological polar surface area (TPSA) is 55.6 Å². The Morgan fingerprint density at radius 2 is 2.21 bits per heavy atom. The van der Waals surface area contributed by atoms with Gasteiger partial charge in [-0.15, -0.1) is 0 Å². The minimum Gasteiger partial charge on any atom is -0.493 e. The number of nitrogens with zero attached hydrogens (tertiary/aromatic N) is 1. The third kappa shape index (κ3) is 3.47. The van der Waals surface area contributed by atoms with E-state index in [0.717, 1.165) is 17.7 Å². The molecule has 1 amide bonds. The number of nitrogens with two attached hydrogens (primary N) is 1. The van der Waals surface area contributed by atoms with E-state index in [4.69, 9.17) is 10.5 Å². The fourth-order valence-corrected chi connectivity index (χ4v) is 2.23. The molecule has 4 nitrogen and oxygen atoms in total. The van der Waals surface area contributed by atoms with Crippen LogP contribution in [-0.2, 0) is 4.79 Å². The van der Waals surface area contributed by atoms with Gasteiger partial charge in [0.25, 0.3) is 0 Å². The summed E-state index contributed by atoms with van der Waals surface area (Å²) in [5, 5.41) is 0. The van der Waals surface area contributed by atoms with Crippen LogP contribution < -0.4 is 10.5 Å². The zero-order valence-corrected chi connectivity index (χ0v) is 11.7. The predicted octanol–water partition coefficient (Wildman–Crippen LogP) is 1.71. The van der Waals surface area contributed by atoms with Crippen molar-refractivity contribution in [3.63, 3.8) is 0 Å². The SMILES string of the molecule is CCC1(N)CN(C(=O)CCOc2cccc(C)c2)C1. The molecule has 1 aliphatic heterocycles. The normalized spacial score (nSPS) is 16.9. The lowest BCUT2D eigenvalue weighted by Crippen LogP contribution is -2.68. The van der Waals surface area contributed by atoms with Gasteiger partial charge in [-0.2, -0.15) is 0 Å². The summed E-state index contributed by atoms with van der Waals surface area (Å²) < 4.78 is 5.58. The average Bonchev–Trinajstić information content (AvgIpc) is 2.35. The standard InChI is InChI=1S/C15H22N2O2/c1-3-15(16)10-17(11-15)14(18)7-8-19-13-6-4-5-12(2)9-13/h4-6,9H,3,7-8,10-11,16H2,1-2H3. The van der Waals surface area contributed by atoms with Gasteiger partial charge in [0.15, 0.2) is 0 Å². The molecule has 1 saturated heterocycles. The Kier molecular flexibility index (Phi) is 4.10. The molecular formula is C15H22N2O2. The molecule has 104 valence electrons. The van der Waals surface area contributed by atoms with Crippen LogP contribution in [0, 0.1) is 6.92 Å². The van der Waals surface area contributed by atoms with E-state index < -0.39 is 0 Å². The monoisotopic (exact) mass is 262 g/mol. The minimum atomic E-state index is -0.160. The number of ether oxygens (including phenoxy) is 1.